The van der Waals surface area contributed by atoms with Crippen molar-refractivity contribution in [1.29, 1.82) is 0 Å². The number of aromatic nitrogens is 5. The van der Waals surface area contributed by atoms with Crippen LogP contribution in [0, 0.1) is 0 Å². The number of hydrogen-bond acceptors (Lipinski definition) is 5. The molecule has 0 fully saturated rings. The maximum Gasteiger partial charge on any atom is 0.358 e. The van der Waals surface area contributed by atoms with E-state index < -0.39 is 5.97 Å². The summed E-state index contributed by atoms with van der Waals surface area (Å²) in [5, 5.41) is 22.4. The lowest BCUT2D eigenvalue weighted by molar-refractivity contribution is -0.122. The van der Waals surface area contributed by atoms with E-state index in [1.165, 1.54) is 6.20 Å². The van der Waals surface area contributed by atoms with Crippen LogP contribution < -0.4 is 5.32 Å². The SMILES string of the molecule is Cn1ccc(CNC(=O)Cn2cc(C(=O)O)nn2)n1. The monoisotopic (exact) mass is 264 g/mol. The molecule has 0 unspecified atom stereocenters. The predicted octanol–water partition coefficient (Wildman–Crippen LogP) is -0.974. The largest absolute Gasteiger partial charge is 0.476 e. The highest BCUT2D eigenvalue weighted by Gasteiger charge is 2.10. The molecule has 100 valence electrons. The highest BCUT2D eigenvalue weighted by molar-refractivity contribution is 5.84. The number of aryl methyl sites for hydroxylation is 1. The van der Waals surface area contributed by atoms with Crippen LogP contribution in [0.5, 0.6) is 0 Å². The molecule has 0 aliphatic carbocycles. The fraction of sp³-hybridized carbons (Fsp3) is 0.300. The van der Waals surface area contributed by atoms with E-state index in [1.807, 2.05) is 0 Å². The van der Waals surface area contributed by atoms with Gasteiger partial charge in [0.15, 0.2) is 5.69 Å². The molecule has 0 radical (unpaired) electrons. The summed E-state index contributed by atoms with van der Waals surface area (Å²) in [5.74, 6) is -1.48. The summed E-state index contributed by atoms with van der Waals surface area (Å²) < 4.78 is 2.80. The second kappa shape index (κ2) is 5.29. The van der Waals surface area contributed by atoms with Gasteiger partial charge in [-0.15, -0.1) is 5.10 Å². The zero-order valence-corrected chi connectivity index (χ0v) is 10.1. The molecule has 2 aromatic heterocycles. The summed E-state index contributed by atoms with van der Waals surface area (Å²) in [4.78, 5) is 22.2. The molecule has 9 heteroatoms. The average molecular weight is 264 g/mol. The minimum atomic E-state index is -1.18. The van der Waals surface area contributed by atoms with E-state index in [0.717, 1.165) is 10.4 Å². The third-order valence-corrected chi connectivity index (χ3v) is 2.30. The lowest BCUT2D eigenvalue weighted by Crippen LogP contribution is -2.27. The lowest BCUT2D eigenvalue weighted by Gasteiger charge is -2.02. The molecule has 0 saturated carbocycles. The molecule has 2 N–H and O–H groups in total. The fourth-order valence-electron chi connectivity index (χ4n) is 1.42. The molecule has 0 spiro atoms. The maximum absolute atomic E-state index is 11.6. The van der Waals surface area contributed by atoms with Gasteiger partial charge >= 0.3 is 5.97 Å². The van der Waals surface area contributed by atoms with Crippen molar-refractivity contribution in [3.05, 3.63) is 29.8 Å². The number of nitrogens with zero attached hydrogens (tertiary/aromatic N) is 5. The Kier molecular flexibility index (Phi) is 3.55. The van der Waals surface area contributed by atoms with Crippen LogP contribution in [0.1, 0.15) is 16.2 Å². The topological polar surface area (TPSA) is 115 Å². The molecule has 0 bridgehead atoms. The van der Waals surface area contributed by atoms with Crippen LogP contribution in [0.15, 0.2) is 18.5 Å². The average Bonchev–Trinajstić information content (AvgIpc) is 2.96. The van der Waals surface area contributed by atoms with Gasteiger partial charge in [0.2, 0.25) is 5.91 Å². The Hall–Kier alpha value is -2.71. The minimum Gasteiger partial charge on any atom is -0.476 e. The highest BCUT2D eigenvalue weighted by Crippen LogP contribution is 1.95. The van der Waals surface area contributed by atoms with Gasteiger partial charge in [0.1, 0.15) is 6.54 Å². The predicted molar refractivity (Wildman–Crippen MR) is 62.0 cm³/mol. The van der Waals surface area contributed by atoms with Crippen LogP contribution in [0.4, 0.5) is 0 Å². The number of hydrogen-bond donors (Lipinski definition) is 2. The first-order chi connectivity index (χ1) is 9.04. The van der Waals surface area contributed by atoms with Gasteiger partial charge in [-0.2, -0.15) is 5.10 Å². The number of carboxylic acid groups (broad SMARTS) is 1. The number of aromatic carboxylic acids is 1. The third kappa shape index (κ3) is 3.37. The second-order valence-electron chi connectivity index (χ2n) is 3.86. The fourth-order valence-corrected chi connectivity index (χ4v) is 1.42. The quantitative estimate of drug-likeness (QED) is 0.717. The minimum absolute atomic E-state index is 0.0902. The van der Waals surface area contributed by atoms with Crippen molar-refractivity contribution in [3.8, 4) is 0 Å². The van der Waals surface area contributed by atoms with Gasteiger partial charge in [-0.05, 0) is 6.07 Å². The van der Waals surface area contributed by atoms with E-state index in [9.17, 15) is 9.59 Å². The Balaban J connectivity index is 1.85. The second-order valence-corrected chi connectivity index (χ2v) is 3.86. The van der Waals surface area contributed by atoms with Gasteiger partial charge in [0.25, 0.3) is 0 Å². The molecule has 0 aliphatic rings. The molecule has 0 aromatic carbocycles. The number of carbonyl (C=O) groups excluding carboxylic acids is 1. The van der Waals surface area contributed by atoms with Crippen LogP contribution in [0.3, 0.4) is 0 Å². The molecule has 9 nitrogen and oxygen atoms in total. The number of nitrogens with one attached hydrogen (secondary N) is 1. The summed E-state index contributed by atoms with van der Waals surface area (Å²) in [6.45, 7) is 0.216. The van der Waals surface area contributed by atoms with E-state index >= 15 is 0 Å². The number of amides is 1. The summed E-state index contributed by atoms with van der Waals surface area (Å²) in [7, 11) is 1.79. The Morgan fingerprint density at radius 1 is 1.47 bits per heavy atom. The summed E-state index contributed by atoms with van der Waals surface area (Å²) in [5.41, 5.74) is 0.540. The Labute approximate surface area is 107 Å². The van der Waals surface area contributed by atoms with E-state index in [0.29, 0.717) is 6.54 Å². The van der Waals surface area contributed by atoms with Gasteiger partial charge in [-0.3, -0.25) is 9.48 Å². The van der Waals surface area contributed by atoms with Gasteiger partial charge in [0.05, 0.1) is 18.4 Å². The van der Waals surface area contributed by atoms with Gasteiger partial charge in [-0.1, -0.05) is 5.21 Å². The molecule has 2 heterocycles. The highest BCUT2D eigenvalue weighted by atomic mass is 16.4. The normalized spacial score (nSPS) is 10.4. The van der Waals surface area contributed by atoms with Gasteiger partial charge in [0, 0.05) is 13.2 Å². The van der Waals surface area contributed by atoms with Crippen LogP contribution in [0.2, 0.25) is 0 Å². The molecule has 19 heavy (non-hydrogen) atoms. The van der Waals surface area contributed by atoms with Crippen LogP contribution >= 0.6 is 0 Å². The van der Waals surface area contributed by atoms with Crippen LogP contribution in [-0.4, -0.2) is 41.8 Å². The van der Waals surface area contributed by atoms with Gasteiger partial charge in [-0.25, -0.2) is 9.48 Å². The summed E-state index contributed by atoms with van der Waals surface area (Å²) >= 11 is 0. The van der Waals surface area contributed by atoms with Crippen molar-refractivity contribution in [2.75, 3.05) is 0 Å². The molecular weight excluding hydrogens is 252 g/mol. The zero-order chi connectivity index (χ0) is 13.8. The zero-order valence-electron chi connectivity index (χ0n) is 10.1. The van der Waals surface area contributed by atoms with Crippen molar-refractivity contribution in [2.45, 2.75) is 13.1 Å². The van der Waals surface area contributed by atoms with Crippen molar-refractivity contribution < 1.29 is 14.7 Å². The van der Waals surface area contributed by atoms with Crippen molar-refractivity contribution in [2.24, 2.45) is 7.05 Å². The summed E-state index contributed by atoms with van der Waals surface area (Å²) in [6, 6.07) is 1.79. The first kappa shape index (κ1) is 12.7. The molecule has 0 saturated heterocycles. The van der Waals surface area contributed by atoms with Crippen molar-refractivity contribution in [3.63, 3.8) is 0 Å². The molecule has 1 amide bonds. The first-order valence-corrected chi connectivity index (χ1v) is 5.43. The number of carboxylic acids is 1. The van der Waals surface area contributed by atoms with E-state index in [1.54, 1.807) is 24.0 Å². The molecule has 0 atom stereocenters. The first-order valence-electron chi connectivity index (χ1n) is 5.43. The number of carbonyl (C=O) groups is 2. The van der Waals surface area contributed by atoms with E-state index in [2.05, 4.69) is 20.7 Å². The molecule has 2 rings (SSSR count). The maximum atomic E-state index is 11.6. The third-order valence-electron chi connectivity index (χ3n) is 2.30. The standard InChI is InChI=1S/C10H12N6O3/c1-15-3-2-7(13-15)4-11-9(17)6-16-5-8(10(18)19)12-14-16/h2-3,5H,4,6H2,1H3,(H,11,17)(H,18,19). The number of rotatable bonds is 5. The Bertz CT molecular complexity index is 602. The summed E-state index contributed by atoms with van der Waals surface area (Å²) in [6.07, 6.45) is 2.97. The van der Waals surface area contributed by atoms with Gasteiger partial charge < -0.3 is 10.4 Å². The van der Waals surface area contributed by atoms with Crippen LogP contribution in [0.25, 0.3) is 0 Å². The molecule has 2 aromatic rings. The van der Waals surface area contributed by atoms with E-state index in [4.69, 9.17) is 5.11 Å². The van der Waals surface area contributed by atoms with E-state index in [-0.39, 0.29) is 18.1 Å². The van der Waals surface area contributed by atoms with Crippen LogP contribution in [-0.2, 0) is 24.9 Å². The molecular formula is C10H12N6O3. The molecule has 0 aliphatic heterocycles. The lowest BCUT2D eigenvalue weighted by atomic mass is 10.4. The Morgan fingerprint density at radius 3 is 2.84 bits per heavy atom. The van der Waals surface area contributed by atoms with Crippen molar-refractivity contribution >= 4 is 11.9 Å². The smallest absolute Gasteiger partial charge is 0.358 e. The van der Waals surface area contributed by atoms with Crippen molar-refractivity contribution in [1.82, 2.24) is 30.1 Å². The Morgan fingerprint density at radius 2 is 2.26 bits per heavy atom.